The second-order valence-electron chi connectivity index (χ2n) is 5.49. The zero-order chi connectivity index (χ0) is 14.1. The van der Waals surface area contributed by atoms with Crippen molar-refractivity contribution >= 4 is 12.1 Å². The number of carbonyl (C=O) groups is 2. The number of hydrogen-bond acceptors (Lipinski definition) is 3. The molecule has 5 nitrogen and oxygen atoms in total. The molecule has 0 aromatic heterocycles. The molecule has 0 bridgehead atoms. The number of nitrogens with one attached hydrogen (secondary N) is 1. The predicted molar refractivity (Wildman–Crippen MR) is 58.5 cm³/mol. The van der Waals surface area contributed by atoms with Crippen LogP contribution in [0.2, 0.25) is 0 Å². The Morgan fingerprint density at radius 2 is 1.89 bits per heavy atom. The molecule has 0 radical (unpaired) electrons. The van der Waals surface area contributed by atoms with Crippen LogP contribution in [-0.2, 0) is 9.53 Å². The molecule has 0 aromatic carbocycles. The molecule has 18 heavy (non-hydrogen) atoms. The molecule has 1 fully saturated rings. The fraction of sp³-hybridized carbons (Fsp3) is 0.818. The molecule has 0 unspecified atom stereocenters. The van der Waals surface area contributed by atoms with Gasteiger partial charge >= 0.3 is 12.1 Å². The van der Waals surface area contributed by atoms with E-state index in [2.05, 4.69) is 5.32 Å². The Hall–Kier alpha value is -1.40. The van der Waals surface area contributed by atoms with Crippen LogP contribution in [0.5, 0.6) is 0 Å². The maximum absolute atomic E-state index is 12.7. The lowest BCUT2D eigenvalue weighted by Crippen LogP contribution is -2.54. The molecule has 0 saturated heterocycles. The lowest BCUT2D eigenvalue weighted by molar-refractivity contribution is -0.153. The van der Waals surface area contributed by atoms with Crippen LogP contribution >= 0.6 is 0 Å². The number of rotatable bonds is 3. The minimum absolute atomic E-state index is 0.528. The third kappa shape index (κ3) is 4.12. The largest absolute Gasteiger partial charge is 0.480 e. The van der Waals surface area contributed by atoms with Crippen molar-refractivity contribution in [2.45, 2.75) is 51.2 Å². The molecule has 1 saturated carbocycles. The zero-order valence-electron chi connectivity index (χ0n) is 10.5. The van der Waals surface area contributed by atoms with E-state index >= 15 is 0 Å². The third-order valence-electron chi connectivity index (χ3n) is 2.53. The Labute approximate surface area is 103 Å². The van der Waals surface area contributed by atoms with Crippen molar-refractivity contribution in [3.63, 3.8) is 0 Å². The van der Waals surface area contributed by atoms with Gasteiger partial charge in [-0.25, -0.2) is 18.4 Å². The number of amides is 1. The molecule has 0 aliphatic heterocycles. The van der Waals surface area contributed by atoms with Crippen molar-refractivity contribution in [3.05, 3.63) is 0 Å². The SMILES string of the molecule is CC(C)(C)OC(=O)N[C@H](C(=O)O)C1CC(F)(F)C1. The van der Waals surface area contributed by atoms with Crippen LogP contribution in [0.25, 0.3) is 0 Å². The zero-order valence-corrected chi connectivity index (χ0v) is 10.5. The molecule has 1 atom stereocenters. The van der Waals surface area contributed by atoms with Gasteiger partial charge in [0.2, 0.25) is 5.92 Å². The van der Waals surface area contributed by atoms with Crippen molar-refractivity contribution in [1.29, 1.82) is 0 Å². The highest BCUT2D eigenvalue weighted by atomic mass is 19.3. The average molecular weight is 265 g/mol. The Morgan fingerprint density at radius 3 is 2.22 bits per heavy atom. The van der Waals surface area contributed by atoms with Crippen molar-refractivity contribution in [2.75, 3.05) is 0 Å². The van der Waals surface area contributed by atoms with Gasteiger partial charge in [-0.15, -0.1) is 0 Å². The van der Waals surface area contributed by atoms with E-state index in [1.54, 1.807) is 20.8 Å². The van der Waals surface area contributed by atoms with Gasteiger partial charge in [0.1, 0.15) is 11.6 Å². The van der Waals surface area contributed by atoms with Crippen LogP contribution in [0.1, 0.15) is 33.6 Å². The molecule has 0 spiro atoms. The van der Waals surface area contributed by atoms with Gasteiger partial charge in [-0.2, -0.15) is 0 Å². The van der Waals surface area contributed by atoms with E-state index in [9.17, 15) is 18.4 Å². The summed E-state index contributed by atoms with van der Waals surface area (Å²) in [6.07, 6.45) is -1.97. The van der Waals surface area contributed by atoms with Crippen molar-refractivity contribution in [2.24, 2.45) is 5.92 Å². The summed E-state index contributed by atoms with van der Waals surface area (Å²) in [6.45, 7) is 4.87. The summed E-state index contributed by atoms with van der Waals surface area (Å²) < 4.78 is 30.3. The van der Waals surface area contributed by atoms with E-state index in [4.69, 9.17) is 9.84 Å². The highest BCUT2D eigenvalue weighted by Crippen LogP contribution is 2.44. The van der Waals surface area contributed by atoms with Gasteiger partial charge in [0.05, 0.1) is 0 Å². The van der Waals surface area contributed by atoms with Crippen LogP contribution < -0.4 is 5.32 Å². The van der Waals surface area contributed by atoms with E-state index in [1.807, 2.05) is 0 Å². The van der Waals surface area contributed by atoms with E-state index in [0.717, 1.165) is 0 Å². The summed E-state index contributed by atoms with van der Waals surface area (Å²) in [6, 6.07) is -1.33. The quantitative estimate of drug-likeness (QED) is 0.818. The number of alkyl carbamates (subject to hydrolysis) is 1. The van der Waals surface area contributed by atoms with E-state index in [-0.39, 0.29) is 0 Å². The Kier molecular flexibility index (Phi) is 3.83. The molecule has 1 aliphatic carbocycles. The molecule has 0 heterocycles. The molecule has 1 aliphatic rings. The average Bonchev–Trinajstić information content (AvgIpc) is 2.06. The number of carboxylic acids is 1. The number of aliphatic carboxylic acids is 1. The molecular weight excluding hydrogens is 248 g/mol. The summed E-state index contributed by atoms with van der Waals surface area (Å²) in [5.41, 5.74) is -0.767. The first-order chi connectivity index (χ1) is 8.00. The summed E-state index contributed by atoms with van der Waals surface area (Å²) in [4.78, 5) is 22.3. The van der Waals surface area contributed by atoms with Gasteiger partial charge in [-0.05, 0) is 20.8 Å². The number of halogens is 2. The van der Waals surface area contributed by atoms with Crippen LogP contribution in [0.3, 0.4) is 0 Å². The maximum Gasteiger partial charge on any atom is 0.408 e. The Morgan fingerprint density at radius 1 is 1.39 bits per heavy atom. The summed E-state index contributed by atoms with van der Waals surface area (Å²) in [5, 5.41) is 11.0. The predicted octanol–water partition coefficient (Wildman–Crippen LogP) is 2.01. The van der Waals surface area contributed by atoms with Crippen LogP contribution in [0.15, 0.2) is 0 Å². The van der Waals surface area contributed by atoms with Gasteiger partial charge in [-0.1, -0.05) is 0 Å². The summed E-state index contributed by atoms with van der Waals surface area (Å²) in [5.74, 6) is -4.92. The molecular formula is C11H17F2NO4. The Balaban J connectivity index is 2.55. The second-order valence-corrected chi connectivity index (χ2v) is 5.49. The van der Waals surface area contributed by atoms with Crippen LogP contribution in [-0.4, -0.2) is 34.7 Å². The second kappa shape index (κ2) is 4.70. The monoisotopic (exact) mass is 265 g/mol. The number of hydrogen-bond donors (Lipinski definition) is 2. The Bertz CT molecular complexity index is 343. The van der Waals surface area contributed by atoms with Gasteiger partial charge in [0.15, 0.2) is 0 Å². The number of ether oxygens (including phenoxy) is 1. The molecule has 2 N–H and O–H groups in total. The number of alkyl halides is 2. The molecule has 104 valence electrons. The highest BCUT2D eigenvalue weighted by molar-refractivity contribution is 5.80. The van der Waals surface area contributed by atoms with Crippen LogP contribution in [0.4, 0.5) is 13.6 Å². The van der Waals surface area contributed by atoms with Crippen molar-refractivity contribution < 1.29 is 28.2 Å². The van der Waals surface area contributed by atoms with E-state index in [1.165, 1.54) is 0 Å². The number of carboxylic acid groups (broad SMARTS) is 1. The normalized spacial score (nSPS) is 20.7. The van der Waals surface area contributed by atoms with E-state index in [0.29, 0.717) is 0 Å². The standard InChI is InChI=1S/C11H17F2NO4/c1-10(2,3)18-9(17)14-7(8(15)16)6-4-11(12,13)5-6/h6-7H,4-5H2,1-3H3,(H,14,17)(H,15,16)/t7-/m0/s1. The smallest absolute Gasteiger partial charge is 0.408 e. The van der Waals surface area contributed by atoms with E-state index < -0.39 is 48.4 Å². The topological polar surface area (TPSA) is 75.6 Å². The van der Waals surface area contributed by atoms with Gasteiger partial charge in [0, 0.05) is 18.8 Å². The highest BCUT2D eigenvalue weighted by Gasteiger charge is 2.51. The first-order valence-corrected chi connectivity index (χ1v) is 5.60. The minimum atomic E-state index is -2.83. The van der Waals surface area contributed by atoms with Gasteiger partial charge in [0.25, 0.3) is 0 Å². The van der Waals surface area contributed by atoms with Crippen molar-refractivity contribution in [1.82, 2.24) is 5.32 Å². The lowest BCUT2D eigenvalue weighted by atomic mass is 9.76. The van der Waals surface area contributed by atoms with Gasteiger partial charge < -0.3 is 15.2 Å². The molecule has 1 amide bonds. The lowest BCUT2D eigenvalue weighted by Gasteiger charge is -2.38. The third-order valence-corrected chi connectivity index (χ3v) is 2.53. The first-order valence-electron chi connectivity index (χ1n) is 5.60. The fourth-order valence-corrected chi connectivity index (χ4v) is 1.76. The summed E-state index contributed by atoms with van der Waals surface area (Å²) >= 11 is 0. The van der Waals surface area contributed by atoms with Gasteiger partial charge in [-0.3, -0.25) is 0 Å². The first kappa shape index (κ1) is 14.7. The molecule has 1 rings (SSSR count). The summed E-state index contributed by atoms with van der Waals surface area (Å²) in [7, 11) is 0. The molecule has 7 heteroatoms. The minimum Gasteiger partial charge on any atom is -0.480 e. The molecule has 0 aromatic rings. The number of carbonyl (C=O) groups excluding carboxylic acids is 1. The maximum atomic E-state index is 12.7. The van der Waals surface area contributed by atoms with Crippen molar-refractivity contribution in [3.8, 4) is 0 Å². The van der Waals surface area contributed by atoms with Crippen LogP contribution in [0, 0.1) is 5.92 Å². The fourth-order valence-electron chi connectivity index (χ4n) is 1.76.